The number of sulfonamides is 3. The monoisotopic (exact) mass is 2110 g/mol. The molecule has 33 heteroatoms. The number of likely N-dealkylation sites (N-methyl/N-ethyl adjacent to an activating group) is 3. The molecule has 3 N–H and O–H groups in total. The average molecular weight is 2120 g/mol. The largest absolute Gasteiger partial charge is 0.490 e. The lowest BCUT2D eigenvalue weighted by Gasteiger charge is -2.49. The first-order valence-corrected chi connectivity index (χ1v) is 59.8. The normalized spacial score (nSPS) is 34.2. The van der Waals surface area contributed by atoms with Crippen LogP contribution in [0.25, 0.3) is 0 Å². The number of benzene rings is 6. The van der Waals surface area contributed by atoms with Crippen molar-refractivity contribution in [3.63, 3.8) is 0 Å². The van der Waals surface area contributed by atoms with E-state index < -0.39 is 47.8 Å². The number of hydrogen-bond donors (Lipinski definition) is 3. The molecule has 9 aliphatic heterocycles. The zero-order valence-corrected chi connectivity index (χ0v) is 91.0. The molecule has 0 unspecified atom stereocenters. The van der Waals surface area contributed by atoms with E-state index in [-0.39, 0.29) is 112 Å². The van der Waals surface area contributed by atoms with Gasteiger partial charge in [-0.05, 0) is 361 Å². The van der Waals surface area contributed by atoms with Crippen molar-refractivity contribution >= 4 is 99.7 Å². The van der Waals surface area contributed by atoms with E-state index in [0.29, 0.717) is 112 Å². The van der Waals surface area contributed by atoms with E-state index in [1.807, 2.05) is 75.4 Å². The molecule has 6 fully saturated rings. The van der Waals surface area contributed by atoms with Crippen LogP contribution in [0.4, 0.5) is 17.1 Å². The lowest BCUT2D eigenvalue weighted by atomic mass is 9.64. The summed E-state index contributed by atoms with van der Waals surface area (Å²) in [7, 11) is 0.856. The number of rotatable bonds is 6. The molecule has 3 saturated carbocycles. The van der Waals surface area contributed by atoms with Crippen molar-refractivity contribution in [2.45, 2.75) is 229 Å². The Labute approximate surface area is 874 Å². The third-order valence-corrected chi connectivity index (χ3v) is 41.1. The van der Waals surface area contributed by atoms with E-state index in [1.165, 1.54) is 33.4 Å². The molecule has 6 bridgehead atoms. The average Bonchev–Trinajstić information content (AvgIpc) is 1.73. The van der Waals surface area contributed by atoms with Crippen LogP contribution in [-0.2, 0) is 94.0 Å². The van der Waals surface area contributed by atoms with E-state index in [1.54, 1.807) is 18.2 Å². The van der Waals surface area contributed by atoms with Gasteiger partial charge < -0.3 is 72.0 Å². The van der Waals surface area contributed by atoms with Crippen LogP contribution in [0.5, 0.6) is 17.2 Å². The van der Waals surface area contributed by atoms with Crippen LogP contribution >= 0.6 is 34.8 Å². The summed E-state index contributed by atoms with van der Waals surface area (Å²) in [4.78, 5) is 54.1. The molecule has 16 atom stereocenters. The fourth-order valence-corrected chi connectivity index (χ4v) is 31.8. The molecule has 6 aliphatic carbocycles. The van der Waals surface area contributed by atoms with Crippen LogP contribution in [0, 0.1) is 76.9 Å². The Morgan fingerprint density at radius 1 is 0.338 bits per heavy atom. The van der Waals surface area contributed by atoms with Gasteiger partial charge in [-0.25, -0.2) is 39.4 Å². The number of anilines is 3. The van der Waals surface area contributed by atoms with Crippen LogP contribution in [0.15, 0.2) is 109 Å². The molecule has 9 heterocycles. The maximum Gasteiger partial charge on any atom is 0.264 e. The number of amides is 3. The van der Waals surface area contributed by atoms with E-state index in [9.17, 15) is 39.6 Å². The smallest absolute Gasteiger partial charge is 0.264 e. The molecule has 6 aromatic rings. The fraction of sp³-hybridized carbons (Fsp3) is 0.652. The quantitative estimate of drug-likeness (QED) is 0.140. The molecule has 0 radical (unpaired) electrons. The van der Waals surface area contributed by atoms with E-state index >= 15 is 0 Å². The summed E-state index contributed by atoms with van der Waals surface area (Å²) in [5, 5.41) is 2.25. The number of ether oxygens (including phenoxy) is 9. The van der Waals surface area contributed by atoms with Crippen LogP contribution in [0.2, 0.25) is 15.1 Å². The molecule has 0 aromatic heterocycles. The van der Waals surface area contributed by atoms with Crippen molar-refractivity contribution in [3.8, 4) is 17.2 Å². The summed E-state index contributed by atoms with van der Waals surface area (Å²) in [5.74, 6) is 3.10. The van der Waals surface area contributed by atoms with Gasteiger partial charge in [0, 0.05) is 105 Å². The molecular formula is C112H152Cl3N9O18S3. The van der Waals surface area contributed by atoms with E-state index in [2.05, 4.69) is 129 Å². The van der Waals surface area contributed by atoms with Gasteiger partial charge in [-0.15, -0.1) is 0 Å². The van der Waals surface area contributed by atoms with E-state index in [0.717, 1.165) is 236 Å². The number of fused-ring (bicyclic) bond motifs is 12. The zero-order chi connectivity index (χ0) is 102. The SMILES string of the molecule is C[C@@H]1CC[C@@H](C2OCC(N(C)C)CO2)[C@@H]2CC[C@H]2CN2C[C@@]3(CCCc4cc(Cl)ccc43)COc3ccc(cc32)C(=O)NS(=O)(=O)C[C@@H]1C.C[C@H]1CCC[C@@H](C2OCC(N(C)C)CO2)[C@@H]2CC[C@H]2CN2C[C@@]3(CCCc4cc(Cl)ccc43)COc3ccc(cc32)C(=O)NS(=O)(=O)C1.C[C@H]1CCC[C@H](C2OCC(N(C)C)CO2)[C@@H]2CC[C@H]2CN2C[C@@]3(CCCc4cc(Cl)ccc43)COc3ccc(cc32)C(=O)NS(=O)(=O)C1. The molecule has 3 saturated heterocycles. The summed E-state index contributed by atoms with van der Waals surface area (Å²) in [6.07, 6.45) is 21.8. The van der Waals surface area contributed by atoms with Gasteiger partial charge in [0.15, 0.2) is 18.9 Å². The lowest BCUT2D eigenvalue weighted by molar-refractivity contribution is -0.241. The predicted octanol–water partition coefficient (Wildman–Crippen LogP) is 17.2. The number of halogens is 3. The highest BCUT2D eigenvalue weighted by Crippen LogP contribution is 2.55. The number of carbonyl (C=O) groups is 3. The Bertz CT molecular complexity index is 5770. The molecule has 27 nitrogen and oxygen atoms in total. The third-order valence-electron chi connectivity index (χ3n) is 35.9. The number of aryl methyl sites for hydroxylation is 3. The first-order valence-electron chi connectivity index (χ1n) is 53.7. The number of nitrogens with zero attached hydrogens (tertiary/aromatic N) is 6. The Hall–Kier alpha value is -7.11. The Balaban J connectivity index is 0.000000137. The molecule has 21 rings (SSSR count). The van der Waals surface area contributed by atoms with Crippen molar-refractivity contribution in [2.24, 2.45) is 76.9 Å². The second-order valence-electron chi connectivity index (χ2n) is 46.6. The minimum absolute atomic E-state index is 0.0901. The first kappa shape index (κ1) is 106. The summed E-state index contributed by atoms with van der Waals surface area (Å²) >= 11 is 19.4. The highest BCUT2D eigenvalue weighted by atomic mass is 35.5. The molecule has 3 amide bonds. The third kappa shape index (κ3) is 23.9. The van der Waals surface area contributed by atoms with Gasteiger partial charge in [-0.3, -0.25) is 14.4 Å². The Kier molecular flexibility index (Phi) is 32.8. The second kappa shape index (κ2) is 44.7. The topological polar surface area (TPSA) is 292 Å². The number of nitrogens with one attached hydrogen (secondary N) is 3. The lowest BCUT2D eigenvalue weighted by Crippen LogP contribution is -2.52. The van der Waals surface area contributed by atoms with Crippen molar-refractivity contribution in [1.82, 2.24) is 28.9 Å². The van der Waals surface area contributed by atoms with Gasteiger partial charge in [0.1, 0.15) is 17.2 Å². The maximum atomic E-state index is 13.5. The first-order chi connectivity index (χ1) is 69.4. The fourth-order valence-electron chi connectivity index (χ4n) is 26.9. The van der Waals surface area contributed by atoms with Crippen LogP contribution in [-0.4, -0.2) is 253 Å². The minimum atomic E-state index is -3.86. The van der Waals surface area contributed by atoms with Gasteiger partial charge in [-0.1, -0.05) is 93.5 Å². The van der Waals surface area contributed by atoms with Gasteiger partial charge in [0.2, 0.25) is 30.1 Å². The molecular weight excluding hydrogens is 1960 g/mol. The Morgan fingerprint density at radius 2 is 0.634 bits per heavy atom. The highest BCUT2D eigenvalue weighted by Gasteiger charge is 2.53. The van der Waals surface area contributed by atoms with Crippen molar-refractivity contribution in [2.75, 3.05) is 173 Å². The molecule has 15 aliphatic rings. The van der Waals surface area contributed by atoms with Crippen molar-refractivity contribution in [3.05, 3.63) is 174 Å². The zero-order valence-electron chi connectivity index (χ0n) is 86.2. The molecule has 3 spiro atoms. The summed E-state index contributed by atoms with van der Waals surface area (Å²) in [5.41, 5.74) is 10.5. The minimum Gasteiger partial charge on any atom is -0.490 e. The number of carbonyl (C=O) groups excluding carboxylic acids is 3. The summed E-state index contributed by atoms with van der Waals surface area (Å²) in [6.45, 7) is 18.1. The Morgan fingerprint density at radius 3 is 0.931 bits per heavy atom. The maximum absolute atomic E-state index is 13.5. The van der Waals surface area contributed by atoms with Crippen molar-refractivity contribution in [1.29, 1.82) is 0 Å². The molecule has 6 aromatic carbocycles. The van der Waals surface area contributed by atoms with Gasteiger partial charge in [0.05, 0.1) is 112 Å². The van der Waals surface area contributed by atoms with Gasteiger partial charge in [0.25, 0.3) is 17.7 Å². The van der Waals surface area contributed by atoms with Gasteiger partial charge >= 0.3 is 0 Å². The standard InChI is InChI=1S/C38H52ClN3O6S.2C37H50ClN3O6S/c1-24-7-11-32(37-46-19-30(20-47-37)41(3)4)31-12-8-28(31)18-42-22-38(15-5-6-26-16-29(39)10-13-33(26)38)23-48-35-14-9-27(17-34(35)42)36(43)40-49(44,45)21-25(24)2;2*1-24-6-4-8-31(36-45-19-29(20-46-36)40(2)3)30-12-9-27(30)18-41-22-37(15-5-7-25-16-28(38)11-13-32(25)37)23-47-34-14-10-26(17-33(34)41)35(42)39-48(43,44)21-24/h9-10,13-14,16-17,24-25,28,30-32,37H,5-8,11-12,15,18-23H2,1-4H3,(H,40,43);2*10-11,13-14,16-17,24,27,29-31,36H,4-9,12,15,18-23H2,1-3H3,(H,39,42)/t24-,25+,28+,30?,31-,32-,37?,38+;24-,27-,29?,30+,31+,36?,37-;24-,27-,29?,30+,31-,36?,37-/m100/s1. The predicted molar refractivity (Wildman–Crippen MR) is 567 cm³/mol. The van der Waals surface area contributed by atoms with Crippen LogP contribution < -0.4 is 43.1 Å². The highest BCUT2D eigenvalue weighted by molar-refractivity contribution is 7.90. The second-order valence-corrected chi connectivity index (χ2v) is 53.2. The summed E-state index contributed by atoms with van der Waals surface area (Å²) in [6, 6.07) is 35.6. The molecule has 145 heavy (non-hydrogen) atoms. The van der Waals surface area contributed by atoms with Crippen LogP contribution in [0.1, 0.15) is 221 Å². The van der Waals surface area contributed by atoms with E-state index in [4.69, 9.17) is 77.4 Å². The summed E-state index contributed by atoms with van der Waals surface area (Å²) < 4.78 is 145. The van der Waals surface area contributed by atoms with Gasteiger partial charge in [-0.2, -0.15) is 0 Å². The van der Waals surface area contributed by atoms with Crippen molar-refractivity contribution < 1.29 is 82.3 Å². The molecule has 792 valence electrons. The number of hydrogen-bond acceptors (Lipinski definition) is 24. The van der Waals surface area contributed by atoms with Crippen LogP contribution in [0.3, 0.4) is 0 Å².